The molecule has 1 fully saturated rings. The zero-order valence-corrected chi connectivity index (χ0v) is 11.0. The molecule has 1 heterocycles. The second-order valence-corrected chi connectivity index (χ2v) is 5.62. The molecule has 1 rings (SSSR count). The average molecular weight is 243 g/mol. The minimum absolute atomic E-state index is 0.150. The largest absolute Gasteiger partial charge is 0.342 e. The Morgan fingerprint density at radius 1 is 1.50 bits per heavy atom. The molecule has 1 aliphatic rings. The fourth-order valence-corrected chi connectivity index (χ4v) is 2.66. The molecule has 1 saturated heterocycles. The van der Waals surface area contributed by atoms with E-state index in [0.717, 1.165) is 25.3 Å². The van der Waals surface area contributed by atoms with Crippen LogP contribution in [-0.2, 0) is 9.59 Å². The maximum Gasteiger partial charge on any atom is 0.222 e. The number of carbonyl (C=O) groups excluding carboxylic acids is 2. The van der Waals surface area contributed by atoms with E-state index < -0.39 is 0 Å². The number of hydrogen-bond donors (Lipinski definition) is 0. The van der Waals surface area contributed by atoms with E-state index in [9.17, 15) is 9.59 Å². The third-order valence-electron chi connectivity index (χ3n) is 2.85. The van der Waals surface area contributed by atoms with E-state index in [0.29, 0.717) is 12.3 Å². The van der Waals surface area contributed by atoms with Crippen molar-refractivity contribution in [3.05, 3.63) is 0 Å². The molecule has 92 valence electrons. The van der Waals surface area contributed by atoms with Crippen LogP contribution in [-0.4, -0.2) is 34.8 Å². The van der Waals surface area contributed by atoms with Crippen molar-refractivity contribution in [1.82, 2.24) is 4.90 Å². The molecule has 0 aliphatic carbocycles. The van der Waals surface area contributed by atoms with Crippen LogP contribution in [0.25, 0.3) is 0 Å². The quantitative estimate of drug-likeness (QED) is 0.672. The Morgan fingerprint density at radius 2 is 2.25 bits per heavy atom. The van der Waals surface area contributed by atoms with Crippen molar-refractivity contribution in [3.63, 3.8) is 0 Å². The van der Waals surface area contributed by atoms with Crippen molar-refractivity contribution >= 4 is 22.8 Å². The van der Waals surface area contributed by atoms with Crippen molar-refractivity contribution < 1.29 is 9.59 Å². The van der Waals surface area contributed by atoms with Crippen LogP contribution in [0.3, 0.4) is 0 Å². The third-order valence-corrected chi connectivity index (χ3v) is 3.89. The van der Waals surface area contributed by atoms with Gasteiger partial charge in [0.25, 0.3) is 0 Å². The van der Waals surface area contributed by atoms with E-state index in [1.807, 2.05) is 4.90 Å². The molecule has 0 aromatic heterocycles. The minimum Gasteiger partial charge on any atom is -0.342 e. The standard InChI is InChI=1S/C12H21NO2S/c1-3-4-5-6-13-8-11(7-12(13)15)9-16-10(2)14/h11H,3-9H2,1-2H3. The summed E-state index contributed by atoms with van der Waals surface area (Å²) in [6.45, 7) is 5.50. The molecule has 1 atom stereocenters. The van der Waals surface area contributed by atoms with Gasteiger partial charge in [-0.05, 0) is 12.3 Å². The predicted octanol–water partition coefficient (Wildman–Crippen LogP) is 2.30. The first kappa shape index (κ1) is 13.6. The Bertz CT molecular complexity index is 255. The summed E-state index contributed by atoms with van der Waals surface area (Å²) in [5, 5.41) is 0.150. The lowest BCUT2D eigenvalue weighted by atomic mass is 10.1. The molecule has 0 bridgehead atoms. The number of unbranched alkanes of at least 4 members (excludes halogenated alkanes) is 2. The lowest BCUT2D eigenvalue weighted by Crippen LogP contribution is -2.26. The van der Waals surface area contributed by atoms with E-state index in [1.165, 1.54) is 24.6 Å². The summed E-state index contributed by atoms with van der Waals surface area (Å²) in [6, 6.07) is 0. The smallest absolute Gasteiger partial charge is 0.222 e. The summed E-state index contributed by atoms with van der Waals surface area (Å²) < 4.78 is 0. The highest BCUT2D eigenvalue weighted by atomic mass is 32.2. The van der Waals surface area contributed by atoms with Crippen LogP contribution in [0.2, 0.25) is 0 Å². The number of nitrogens with zero attached hydrogens (tertiary/aromatic N) is 1. The number of rotatable bonds is 6. The summed E-state index contributed by atoms with van der Waals surface area (Å²) in [5.41, 5.74) is 0. The lowest BCUT2D eigenvalue weighted by Gasteiger charge is -2.15. The number of likely N-dealkylation sites (tertiary alicyclic amines) is 1. The minimum atomic E-state index is 0.150. The van der Waals surface area contributed by atoms with E-state index in [-0.39, 0.29) is 11.0 Å². The Labute approximate surface area is 102 Å². The van der Waals surface area contributed by atoms with Crippen LogP contribution in [0.5, 0.6) is 0 Å². The highest BCUT2D eigenvalue weighted by Gasteiger charge is 2.28. The van der Waals surface area contributed by atoms with Crippen LogP contribution in [0, 0.1) is 5.92 Å². The van der Waals surface area contributed by atoms with Gasteiger partial charge in [-0.3, -0.25) is 9.59 Å². The molecule has 0 aromatic carbocycles. The van der Waals surface area contributed by atoms with Gasteiger partial charge < -0.3 is 4.90 Å². The molecular formula is C12H21NO2S. The normalized spacial score (nSPS) is 20.5. The molecule has 4 heteroatoms. The number of amides is 1. The fourth-order valence-electron chi connectivity index (χ4n) is 1.97. The number of carbonyl (C=O) groups is 2. The molecule has 0 saturated carbocycles. The first-order valence-electron chi connectivity index (χ1n) is 6.04. The zero-order chi connectivity index (χ0) is 12.0. The fraction of sp³-hybridized carbons (Fsp3) is 0.833. The monoisotopic (exact) mass is 243 g/mol. The zero-order valence-electron chi connectivity index (χ0n) is 10.2. The molecular weight excluding hydrogens is 222 g/mol. The Kier molecular flexibility index (Phi) is 5.88. The first-order chi connectivity index (χ1) is 7.63. The van der Waals surface area contributed by atoms with Crippen molar-refractivity contribution in [2.45, 2.75) is 39.5 Å². The second-order valence-electron chi connectivity index (χ2n) is 4.42. The number of hydrogen-bond acceptors (Lipinski definition) is 3. The van der Waals surface area contributed by atoms with Gasteiger partial charge in [-0.15, -0.1) is 0 Å². The average Bonchev–Trinajstić information content (AvgIpc) is 2.57. The highest BCUT2D eigenvalue weighted by Crippen LogP contribution is 2.22. The highest BCUT2D eigenvalue weighted by molar-refractivity contribution is 8.13. The van der Waals surface area contributed by atoms with Gasteiger partial charge in [0.15, 0.2) is 5.12 Å². The maximum absolute atomic E-state index is 11.7. The molecule has 16 heavy (non-hydrogen) atoms. The maximum atomic E-state index is 11.7. The second kappa shape index (κ2) is 6.94. The van der Waals surface area contributed by atoms with Crippen LogP contribution in [0.4, 0.5) is 0 Å². The topological polar surface area (TPSA) is 37.4 Å². The van der Waals surface area contributed by atoms with Crippen LogP contribution >= 0.6 is 11.8 Å². The molecule has 0 radical (unpaired) electrons. The van der Waals surface area contributed by atoms with Crippen molar-refractivity contribution in [2.24, 2.45) is 5.92 Å². The molecule has 0 spiro atoms. The van der Waals surface area contributed by atoms with Gasteiger partial charge in [-0.1, -0.05) is 31.5 Å². The Hall–Kier alpha value is -0.510. The summed E-state index contributed by atoms with van der Waals surface area (Å²) in [4.78, 5) is 24.5. The summed E-state index contributed by atoms with van der Waals surface area (Å²) >= 11 is 1.34. The van der Waals surface area contributed by atoms with Gasteiger partial charge in [0.1, 0.15) is 0 Å². The van der Waals surface area contributed by atoms with Gasteiger partial charge in [-0.2, -0.15) is 0 Å². The molecule has 0 aromatic rings. The molecule has 1 unspecified atom stereocenters. The van der Waals surface area contributed by atoms with Gasteiger partial charge >= 0.3 is 0 Å². The summed E-state index contributed by atoms with van der Waals surface area (Å²) in [6.07, 6.45) is 4.11. The van der Waals surface area contributed by atoms with Crippen LogP contribution < -0.4 is 0 Å². The Morgan fingerprint density at radius 3 is 2.88 bits per heavy atom. The van der Waals surface area contributed by atoms with Crippen LogP contribution in [0.15, 0.2) is 0 Å². The summed E-state index contributed by atoms with van der Waals surface area (Å²) in [7, 11) is 0. The van der Waals surface area contributed by atoms with E-state index in [4.69, 9.17) is 0 Å². The van der Waals surface area contributed by atoms with E-state index in [1.54, 1.807) is 6.92 Å². The predicted molar refractivity (Wildman–Crippen MR) is 67.4 cm³/mol. The van der Waals surface area contributed by atoms with E-state index in [2.05, 4.69) is 6.92 Å². The molecule has 1 amide bonds. The van der Waals surface area contributed by atoms with Gasteiger partial charge in [0, 0.05) is 32.2 Å². The SMILES string of the molecule is CCCCCN1CC(CSC(C)=O)CC1=O. The first-order valence-corrected chi connectivity index (χ1v) is 7.03. The van der Waals surface area contributed by atoms with Crippen LogP contribution in [0.1, 0.15) is 39.5 Å². The number of thioether (sulfide) groups is 1. The third kappa shape index (κ3) is 4.56. The molecule has 1 aliphatic heterocycles. The van der Waals surface area contributed by atoms with Crippen molar-refractivity contribution in [2.75, 3.05) is 18.8 Å². The van der Waals surface area contributed by atoms with Gasteiger partial charge in [-0.25, -0.2) is 0 Å². The Balaban J connectivity index is 2.24. The van der Waals surface area contributed by atoms with Crippen molar-refractivity contribution in [3.8, 4) is 0 Å². The van der Waals surface area contributed by atoms with Gasteiger partial charge in [0.05, 0.1) is 0 Å². The van der Waals surface area contributed by atoms with Gasteiger partial charge in [0.2, 0.25) is 5.91 Å². The van der Waals surface area contributed by atoms with E-state index >= 15 is 0 Å². The van der Waals surface area contributed by atoms with Crippen molar-refractivity contribution in [1.29, 1.82) is 0 Å². The molecule has 3 nitrogen and oxygen atoms in total. The summed E-state index contributed by atoms with van der Waals surface area (Å²) in [5.74, 6) is 1.44. The molecule has 0 N–H and O–H groups in total. The lowest BCUT2D eigenvalue weighted by molar-refractivity contribution is -0.127.